The van der Waals surface area contributed by atoms with E-state index in [0.29, 0.717) is 0 Å². The number of para-hydroxylation sites is 1. The van der Waals surface area contributed by atoms with Crippen LogP contribution >= 0.6 is 0 Å². The zero-order chi connectivity index (χ0) is 25.3. The van der Waals surface area contributed by atoms with E-state index in [0.717, 1.165) is 4.90 Å². The first-order chi connectivity index (χ1) is 15.3. The predicted octanol–water partition coefficient (Wildman–Crippen LogP) is 1.54. The van der Waals surface area contributed by atoms with Gasteiger partial charge in [0, 0.05) is 24.1 Å². The molecule has 33 heavy (non-hydrogen) atoms. The van der Waals surface area contributed by atoms with E-state index in [1.165, 1.54) is 12.1 Å². The standard InChI is InChI=1S/C23H32N4O6/c1-7-27(19(20(30)25-14(2)3)15-10-8-9-11-17(15)28)21(31)16(12-13-18(24)29)26-22(32)33-23(4,5)6/h1,8-11,14,16,19,28H,12-13H2,2-6H3,(H2,24,29)(H,25,30)(H,26,32). The maximum absolute atomic E-state index is 13.4. The van der Waals surface area contributed by atoms with Crippen molar-refractivity contribution >= 4 is 23.8 Å². The van der Waals surface area contributed by atoms with Gasteiger partial charge < -0.3 is 26.2 Å². The van der Waals surface area contributed by atoms with E-state index in [9.17, 15) is 24.3 Å². The van der Waals surface area contributed by atoms with Gasteiger partial charge in [-0.25, -0.2) is 4.79 Å². The topological polar surface area (TPSA) is 151 Å². The zero-order valence-corrected chi connectivity index (χ0v) is 19.5. The molecule has 0 aliphatic heterocycles. The maximum Gasteiger partial charge on any atom is 0.408 e. The molecule has 0 saturated carbocycles. The van der Waals surface area contributed by atoms with Gasteiger partial charge in [0.15, 0.2) is 6.04 Å². The summed E-state index contributed by atoms with van der Waals surface area (Å²) in [5.74, 6) is -2.43. The number of phenolic OH excluding ortho intramolecular Hbond substituents is 1. The van der Waals surface area contributed by atoms with Crippen molar-refractivity contribution in [2.24, 2.45) is 5.73 Å². The van der Waals surface area contributed by atoms with Crippen LogP contribution in [0.25, 0.3) is 0 Å². The molecule has 0 aliphatic rings. The number of carbonyl (C=O) groups is 4. The Balaban J connectivity index is 3.38. The molecule has 0 radical (unpaired) electrons. The van der Waals surface area contributed by atoms with Crippen molar-refractivity contribution in [3.05, 3.63) is 29.8 Å². The average Bonchev–Trinajstić information content (AvgIpc) is 2.67. The van der Waals surface area contributed by atoms with Gasteiger partial charge in [-0.15, -0.1) is 0 Å². The number of nitrogens with two attached hydrogens (primary N) is 1. The van der Waals surface area contributed by atoms with Crippen LogP contribution in [0.3, 0.4) is 0 Å². The molecule has 0 bridgehead atoms. The SMILES string of the molecule is C#CN(C(=O)C(CCC(N)=O)NC(=O)OC(C)(C)C)C(C(=O)NC(C)C)c1ccccc1O. The molecule has 10 heteroatoms. The molecule has 180 valence electrons. The number of alkyl carbamates (subject to hydrolysis) is 1. The predicted molar refractivity (Wildman–Crippen MR) is 121 cm³/mol. The average molecular weight is 461 g/mol. The second-order valence-electron chi connectivity index (χ2n) is 8.67. The summed E-state index contributed by atoms with van der Waals surface area (Å²) in [6.07, 6.45) is 4.30. The van der Waals surface area contributed by atoms with E-state index in [1.54, 1.807) is 46.8 Å². The quantitative estimate of drug-likeness (QED) is 0.324. The third kappa shape index (κ3) is 8.73. The van der Waals surface area contributed by atoms with E-state index < -0.39 is 41.5 Å². The lowest BCUT2D eigenvalue weighted by atomic mass is 10.0. The number of primary amides is 1. The molecular weight excluding hydrogens is 428 g/mol. The number of terminal acetylenes is 1. The number of ether oxygens (including phenoxy) is 1. The number of nitrogens with one attached hydrogen (secondary N) is 2. The lowest BCUT2D eigenvalue weighted by Crippen LogP contribution is -2.52. The minimum Gasteiger partial charge on any atom is -0.508 e. The number of amides is 4. The van der Waals surface area contributed by atoms with Crippen LogP contribution < -0.4 is 16.4 Å². The third-order valence-corrected chi connectivity index (χ3v) is 4.21. The van der Waals surface area contributed by atoms with Crippen LogP contribution in [0.5, 0.6) is 5.75 Å². The maximum atomic E-state index is 13.4. The molecule has 0 aromatic heterocycles. The monoisotopic (exact) mass is 460 g/mol. The minimum atomic E-state index is -1.40. The van der Waals surface area contributed by atoms with Crippen LogP contribution in [0, 0.1) is 12.5 Å². The molecule has 0 saturated heterocycles. The van der Waals surface area contributed by atoms with Gasteiger partial charge in [-0.3, -0.25) is 19.3 Å². The van der Waals surface area contributed by atoms with Gasteiger partial charge in [0.05, 0.1) is 0 Å². The highest BCUT2D eigenvalue weighted by Crippen LogP contribution is 2.29. The summed E-state index contributed by atoms with van der Waals surface area (Å²) in [6, 6.07) is 5.11. The second kappa shape index (κ2) is 11.8. The van der Waals surface area contributed by atoms with Crippen LogP contribution in [0.4, 0.5) is 4.79 Å². The summed E-state index contributed by atoms with van der Waals surface area (Å²) in [5, 5.41) is 15.4. The molecule has 0 fully saturated rings. The molecule has 0 heterocycles. The van der Waals surface area contributed by atoms with Crippen molar-refractivity contribution in [1.82, 2.24) is 15.5 Å². The van der Waals surface area contributed by atoms with Gasteiger partial charge in [-0.2, -0.15) is 0 Å². The Morgan fingerprint density at radius 1 is 1.18 bits per heavy atom. The molecule has 1 aromatic carbocycles. The minimum absolute atomic E-state index is 0.0906. The molecule has 1 rings (SSSR count). The molecule has 2 atom stereocenters. The second-order valence-corrected chi connectivity index (χ2v) is 8.67. The van der Waals surface area contributed by atoms with Crippen molar-refractivity contribution < 1.29 is 29.0 Å². The Morgan fingerprint density at radius 3 is 2.27 bits per heavy atom. The largest absolute Gasteiger partial charge is 0.508 e. The fourth-order valence-corrected chi connectivity index (χ4v) is 2.91. The summed E-state index contributed by atoms with van der Waals surface area (Å²) in [4.78, 5) is 50.8. The van der Waals surface area contributed by atoms with Gasteiger partial charge in [-0.1, -0.05) is 24.6 Å². The molecule has 2 unspecified atom stereocenters. The normalized spacial score (nSPS) is 12.8. The van der Waals surface area contributed by atoms with Crippen molar-refractivity contribution in [3.8, 4) is 18.2 Å². The molecule has 0 aliphatic carbocycles. The number of phenols is 1. The molecule has 5 N–H and O–H groups in total. The van der Waals surface area contributed by atoms with E-state index in [1.807, 2.05) is 0 Å². The number of carbonyl (C=O) groups excluding carboxylic acids is 4. The molecule has 10 nitrogen and oxygen atoms in total. The van der Waals surface area contributed by atoms with E-state index in [2.05, 4.69) is 16.7 Å². The Labute approximate surface area is 193 Å². The zero-order valence-electron chi connectivity index (χ0n) is 19.5. The Morgan fingerprint density at radius 2 is 1.79 bits per heavy atom. The van der Waals surface area contributed by atoms with Crippen molar-refractivity contribution in [2.45, 2.75) is 71.2 Å². The van der Waals surface area contributed by atoms with Gasteiger partial charge in [0.1, 0.15) is 17.4 Å². The number of rotatable bonds is 9. The summed E-state index contributed by atoms with van der Waals surface area (Å²) >= 11 is 0. The number of nitrogens with zero attached hydrogens (tertiary/aromatic N) is 1. The van der Waals surface area contributed by atoms with Crippen molar-refractivity contribution in [2.75, 3.05) is 0 Å². The lowest BCUT2D eigenvalue weighted by Gasteiger charge is -2.31. The highest BCUT2D eigenvalue weighted by Gasteiger charge is 2.37. The third-order valence-electron chi connectivity index (χ3n) is 4.21. The first-order valence-electron chi connectivity index (χ1n) is 10.4. The first kappa shape index (κ1) is 27.3. The highest BCUT2D eigenvalue weighted by molar-refractivity contribution is 5.94. The Kier molecular flexibility index (Phi) is 9.73. The van der Waals surface area contributed by atoms with Gasteiger partial charge in [-0.05, 0) is 47.1 Å². The summed E-state index contributed by atoms with van der Waals surface area (Å²) < 4.78 is 5.19. The number of aromatic hydroxyl groups is 1. The van der Waals surface area contributed by atoms with Crippen molar-refractivity contribution in [1.29, 1.82) is 0 Å². The lowest BCUT2D eigenvalue weighted by molar-refractivity contribution is -0.139. The van der Waals surface area contributed by atoms with Gasteiger partial charge in [0.25, 0.3) is 5.91 Å². The van der Waals surface area contributed by atoms with Gasteiger partial charge in [0.2, 0.25) is 11.8 Å². The smallest absolute Gasteiger partial charge is 0.408 e. The fraction of sp³-hybridized carbons (Fsp3) is 0.478. The van der Waals surface area contributed by atoms with Crippen LogP contribution in [-0.2, 0) is 19.1 Å². The fourth-order valence-electron chi connectivity index (χ4n) is 2.91. The van der Waals surface area contributed by atoms with Crippen molar-refractivity contribution in [3.63, 3.8) is 0 Å². The van der Waals surface area contributed by atoms with Gasteiger partial charge >= 0.3 is 6.09 Å². The molecule has 1 aromatic rings. The number of hydrogen-bond acceptors (Lipinski definition) is 6. The molecule has 0 spiro atoms. The first-order valence-corrected chi connectivity index (χ1v) is 10.4. The molecule has 4 amide bonds. The molecular formula is C23H32N4O6. The number of benzene rings is 1. The summed E-state index contributed by atoms with van der Waals surface area (Å²) in [6.45, 7) is 8.38. The van der Waals surface area contributed by atoms with E-state index in [-0.39, 0.29) is 30.2 Å². The Bertz CT molecular complexity index is 916. The number of hydrogen-bond donors (Lipinski definition) is 4. The van der Waals surface area contributed by atoms with E-state index in [4.69, 9.17) is 16.9 Å². The van der Waals surface area contributed by atoms with Crippen LogP contribution in [0.2, 0.25) is 0 Å². The van der Waals surface area contributed by atoms with Crippen LogP contribution in [0.1, 0.15) is 59.1 Å². The summed E-state index contributed by atoms with van der Waals surface area (Å²) in [7, 11) is 0. The van der Waals surface area contributed by atoms with Crippen LogP contribution in [-0.4, -0.2) is 51.5 Å². The van der Waals surface area contributed by atoms with Crippen LogP contribution in [0.15, 0.2) is 24.3 Å². The highest BCUT2D eigenvalue weighted by atomic mass is 16.6. The van der Waals surface area contributed by atoms with E-state index >= 15 is 0 Å². The Hall–Kier alpha value is -3.74. The summed E-state index contributed by atoms with van der Waals surface area (Å²) in [5.41, 5.74) is 4.46.